The van der Waals surface area contributed by atoms with Gasteiger partial charge in [0.25, 0.3) is 0 Å². The van der Waals surface area contributed by atoms with Gasteiger partial charge in [0, 0.05) is 17.4 Å². The van der Waals surface area contributed by atoms with Crippen LogP contribution in [0.15, 0.2) is 42.5 Å². The number of rotatable bonds is 4. The number of nitrogens with one attached hydrogen (secondary N) is 2. The minimum Gasteiger partial charge on any atom is -0.454 e. The molecule has 0 unspecified atom stereocenters. The monoisotopic (exact) mass is 284 g/mol. The zero-order chi connectivity index (χ0) is 14.7. The number of ether oxygens (including phenoxy) is 2. The lowest BCUT2D eigenvalue weighted by molar-refractivity contribution is -0.114. The van der Waals surface area contributed by atoms with Gasteiger partial charge in [-0.05, 0) is 36.8 Å². The molecule has 3 rings (SSSR count). The van der Waals surface area contributed by atoms with E-state index in [0.29, 0.717) is 17.2 Å². The Morgan fingerprint density at radius 1 is 1.10 bits per heavy atom. The van der Waals surface area contributed by atoms with Crippen LogP contribution in [0.4, 0.5) is 11.4 Å². The predicted octanol–water partition coefficient (Wildman–Crippen LogP) is 2.77. The highest BCUT2D eigenvalue weighted by atomic mass is 16.7. The number of hydrogen-bond acceptors (Lipinski definition) is 4. The SMILES string of the molecule is Cc1cccc(NCC(=O)Nc2ccc3c(c2)OCO3)c1. The number of aryl methyl sites for hydroxylation is 1. The number of hydrogen-bond donors (Lipinski definition) is 2. The third kappa shape index (κ3) is 3.25. The summed E-state index contributed by atoms with van der Waals surface area (Å²) >= 11 is 0. The van der Waals surface area contributed by atoms with Crippen LogP contribution in [0.5, 0.6) is 11.5 Å². The van der Waals surface area contributed by atoms with Crippen molar-refractivity contribution in [3.63, 3.8) is 0 Å². The average Bonchev–Trinajstić information content (AvgIpc) is 2.93. The fraction of sp³-hybridized carbons (Fsp3) is 0.188. The summed E-state index contributed by atoms with van der Waals surface area (Å²) in [6, 6.07) is 13.2. The van der Waals surface area contributed by atoms with Gasteiger partial charge in [0.05, 0.1) is 6.54 Å². The Hall–Kier alpha value is -2.69. The zero-order valence-corrected chi connectivity index (χ0v) is 11.7. The van der Waals surface area contributed by atoms with Gasteiger partial charge in [-0.15, -0.1) is 0 Å². The number of carbonyl (C=O) groups excluding carboxylic acids is 1. The molecule has 2 N–H and O–H groups in total. The summed E-state index contributed by atoms with van der Waals surface area (Å²) in [7, 11) is 0. The summed E-state index contributed by atoms with van der Waals surface area (Å²) < 4.78 is 10.5. The summed E-state index contributed by atoms with van der Waals surface area (Å²) in [5.74, 6) is 1.24. The highest BCUT2D eigenvalue weighted by Gasteiger charge is 2.13. The molecule has 0 aliphatic carbocycles. The summed E-state index contributed by atoms with van der Waals surface area (Å²) in [5.41, 5.74) is 2.77. The van der Waals surface area contributed by atoms with Gasteiger partial charge in [-0.25, -0.2) is 0 Å². The molecule has 0 saturated carbocycles. The van der Waals surface area contributed by atoms with Crippen molar-refractivity contribution in [3.05, 3.63) is 48.0 Å². The van der Waals surface area contributed by atoms with Crippen molar-refractivity contribution in [2.75, 3.05) is 24.0 Å². The van der Waals surface area contributed by atoms with Crippen LogP contribution in [0.25, 0.3) is 0 Å². The summed E-state index contributed by atoms with van der Waals surface area (Å²) in [4.78, 5) is 11.9. The lowest BCUT2D eigenvalue weighted by Gasteiger charge is -2.09. The Bertz CT molecular complexity index is 670. The Labute approximate surface area is 122 Å². The van der Waals surface area contributed by atoms with Crippen molar-refractivity contribution in [1.29, 1.82) is 0 Å². The minimum absolute atomic E-state index is 0.115. The van der Waals surface area contributed by atoms with Crippen LogP contribution in [0.2, 0.25) is 0 Å². The maximum absolute atomic E-state index is 11.9. The molecule has 1 heterocycles. The van der Waals surface area contributed by atoms with Crippen molar-refractivity contribution in [3.8, 4) is 11.5 Å². The van der Waals surface area contributed by atoms with E-state index < -0.39 is 0 Å². The van der Waals surface area contributed by atoms with Crippen LogP contribution in [-0.2, 0) is 4.79 Å². The summed E-state index contributed by atoms with van der Waals surface area (Å²) in [6.07, 6.45) is 0. The van der Waals surface area contributed by atoms with Crippen molar-refractivity contribution < 1.29 is 14.3 Å². The molecule has 0 bridgehead atoms. The number of carbonyl (C=O) groups is 1. The van der Waals surface area contributed by atoms with Gasteiger partial charge in [0.2, 0.25) is 12.7 Å². The van der Waals surface area contributed by atoms with Crippen LogP contribution < -0.4 is 20.1 Å². The molecule has 0 spiro atoms. The molecule has 0 saturated heterocycles. The van der Waals surface area contributed by atoms with E-state index in [1.165, 1.54) is 0 Å². The average molecular weight is 284 g/mol. The summed E-state index contributed by atoms with van der Waals surface area (Å²) in [6.45, 7) is 2.44. The second kappa shape index (κ2) is 5.75. The normalized spacial score (nSPS) is 12.0. The van der Waals surface area contributed by atoms with Crippen molar-refractivity contribution in [2.45, 2.75) is 6.92 Å². The predicted molar refractivity (Wildman–Crippen MR) is 80.9 cm³/mol. The Kier molecular flexibility index (Phi) is 3.64. The number of anilines is 2. The van der Waals surface area contributed by atoms with Gasteiger partial charge in [-0.2, -0.15) is 0 Å². The lowest BCUT2D eigenvalue weighted by atomic mass is 10.2. The number of benzene rings is 2. The molecular weight excluding hydrogens is 268 g/mol. The largest absolute Gasteiger partial charge is 0.454 e. The standard InChI is InChI=1S/C16H16N2O3/c1-11-3-2-4-12(7-11)17-9-16(19)18-13-5-6-14-15(8-13)21-10-20-14/h2-8,17H,9-10H2,1H3,(H,18,19). The maximum Gasteiger partial charge on any atom is 0.243 e. The highest BCUT2D eigenvalue weighted by molar-refractivity contribution is 5.94. The zero-order valence-electron chi connectivity index (χ0n) is 11.7. The minimum atomic E-state index is -0.115. The molecular formula is C16H16N2O3. The van der Waals surface area contributed by atoms with E-state index in [9.17, 15) is 4.79 Å². The molecule has 1 aliphatic rings. The quantitative estimate of drug-likeness (QED) is 0.906. The molecule has 21 heavy (non-hydrogen) atoms. The topological polar surface area (TPSA) is 59.6 Å². The fourth-order valence-electron chi connectivity index (χ4n) is 2.12. The second-order valence-electron chi connectivity index (χ2n) is 4.84. The number of fused-ring (bicyclic) bond motifs is 1. The van der Waals surface area contributed by atoms with E-state index in [0.717, 1.165) is 11.3 Å². The Morgan fingerprint density at radius 3 is 2.81 bits per heavy atom. The van der Waals surface area contributed by atoms with E-state index in [1.807, 2.05) is 31.2 Å². The van der Waals surface area contributed by atoms with Crippen LogP contribution in [0.3, 0.4) is 0 Å². The Balaban J connectivity index is 1.57. The van der Waals surface area contributed by atoms with E-state index in [4.69, 9.17) is 9.47 Å². The highest BCUT2D eigenvalue weighted by Crippen LogP contribution is 2.34. The van der Waals surface area contributed by atoms with Gasteiger partial charge in [-0.1, -0.05) is 12.1 Å². The first-order chi connectivity index (χ1) is 10.2. The molecule has 0 aromatic heterocycles. The molecule has 0 fully saturated rings. The first-order valence-electron chi connectivity index (χ1n) is 6.71. The third-order valence-electron chi connectivity index (χ3n) is 3.13. The van der Waals surface area contributed by atoms with E-state index in [2.05, 4.69) is 10.6 Å². The van der Waals surface area contributed by atoms with Gasteiger partial charge >= 0.3 is 0 Å². The molecule has 108 valence electrons. The first kappa shape index (κ1) is 13.3. The summed E-state index contributed by atoms with van der Waals surface area (Å²) in [5, 5.41) is 5.91. The molecule has 5 heteroatoms. The molecule has 1 aliphatic heterocycles. The van der Waals surface area contributed by atoms with E-state index in [1.54, 1.807) is 18.2 Å². The lowest BCUT2D eigenvalue weighted by Crippen LogP contribution is -2.21. The molecule has 0 radical (unpaired) electrons. The van der Waals surface area contributed by atoms with E-state index in [-0.39, 0.29) is 19.2 Å². The van der Waals surface area contributed by atoms with Crippen LogP contribution >= 0.6 is 0 Å². The van der Waals surface area contributed by atoms with Crippen LogP contribution in [0, 0.1) is 6.92 Å². The number of amides is 1. The van der Waals surface area contributed by atoms with Gasteiger partial charge in [-0.3, -0.25) is 4.79 Å². The smallest absolute Gasteiger partial charge is 0.243 e. The first-order valence-corrected chi connectivity index (χ1v) is 6.71. The fourth-order valence-corrected chi connectivity index (χ4v) is 2.12. The molecule has 2 aromatic rings. The third-order valence-corrected chi connectivity index (χ3v) is 3.13. The van der Waals surface area contributed by atoms with Crippen molar-refractivity contribution in [1.82, 2.24) is 0 Å². The molecule has 0 atom stereocenters. The van der Waals surface area contributed by atoms with Gasteiger partial charge < -0.3 is 20.1 Å². The Morgan fingerprint density at radius 2 is 1.95 bits per heavy atom. The van der Waals surface area contributed by atoms with E-state index >= 15 is 0 Å². The second-order valence-corrected chi connectivity index (χ2v) is 4.84. The van der Waals surface area contributed by atoms with Crippen molar-refractivity contribution >= 4 is 17.3 Å². The van der Waals surface area contributed by atoms with Crippen LogP contribution in [0.1, 0.15) is 5.56 Å². The van der Waals surface area contributed by atoms with Gasteiger partial charge in [0.15, 0.2) is 11.5 Å². The molecule has 5 nitrogen and oxygen atoms in total. The van der Waals surface area contributed by atoms with Crippen molar-refractivity contribution in [2.24, 2.45) is 0 Å². The molecule has 1 amide bonds. The molecule has 2 aromatic carbocycles. The maximum atomic E-state index is 11.9. The van der Waals surface area contributed by atoms with Gasteiger partial charge in [0.1, 0.15) is 0 Å². The van der Waals surface area contributed by atoms with Crippen LogP contribution in [-0.4, -0.2) is 19.2 Å².